The van der Waals surface area contributed by atoms with E-state index in [1.807, 2.05) is 12.1 Å². The zero-order chi connectivity index (χ0) is 14.5. The standard InChI is InChI=1S/C15H16N4O/c1-10(2)13-6-11(4-5-14(13)20-3)12-7-17-15(18-8-12)19-9-16/h4-8,10H,1-3H3,(H,17,18,19). The van der Waals surface area contributed by atoms with Gasteiger partial charge >= 0.3 is 0 Å². The zero-order valence-electron chi connectivity index (χ0n) is 11.7. The molecular weight excluding hydrogens is 252 g/mol. The van der Waals surface area contributed by atoms with Crippen LogP contribution >= 0.6 is 0 Å². The number of anilines is 1. The fraction of sp³-hybridized carbons (Fsp3) is 0.267. The molecule has 5 heteroatoms. The zero-order valence-corrected chi connectivity index (χ0v) is 11.7. The molecule has 2 rings (SSSR count). The number of aromatic nitrogens is 2. The molecule has 0 atom stereocenters. The highest BCUT2D eigenvalue weighted by Crippen LogP contribution is 2.31. The average molecular weight is 268 g/mol. The van der Waals surface area contributed by atoms with Gasteiger partial charge in [0.1, 0.15) is 5.75 Å². The lowest BCUT2D eigenvalue weighted by atomic mass is 9.97. The van der Waals surface area contributed by atoms with Gasteiger partial charge in [0.25, 0.3) is 0 Å². The van der Waals surface area contributed by atoms with Crippen molar-refractivity contribution in [2.45, 2.75) is 19.8 Å². The molecule has 0 saturated carbocycles. The van der Waals surface area contributed by atoms with Crippen molar-refractivity contribution in [3.05, 3.63) is 36.2 Å². The second-order valence-corrected chi connectivity index (χ2v) is 4.64. The Morgan fingerprint density at radius 2 is 1.90 bits per heavy atom. The maximum Gasteiger partial charge on any atom is 0.236 e. The molecule has 102 valence electrons. The summed E-state index contributed by atoms with van der Waals surface area (Å²) < 4.78 is 5.37. The minimum Gasteiger partial charge on any atom is -0.496 e. The highest BCUT2D eigenvalue weighted by atomic mass is 16.5. The molecule has 0 unspecified atom stereocenters. The second-order valence-electron chi connectivity index (χ2n) is 4.64. The van der Waals surface area contributed by atoms with Crippen LogP contribution in [0.4, 0.5) is 5.95 Å². The molecular formula is C15H16N4O. The number of nitrogens with zero attached hydrogens (tertiary/aromatic N) is 3. The van der Waals surface area contributed by atoms with E-state index in [1.165, 1.54) is 0 Å². The van der Waals surface area contributed by atoms with Crippen LogP contribution in [0, 0.1) is 11.5 Å². The van der Waals surface area contributed by atoms with Crippen molar-refractivity contribution in [2.75, 3.05) is 12.4 Å². The molecule has 0 aliphatic heterocycles. The first-order valence-electron chi connectivity index (χ1n) is 6.31. The van der Waals surface area contributed by atoms with Crippen LogP contribution in [0.2, 0.25) is 0 Å². The normalized spacial score (nSPS) is 10.2. The topological polar surface area (TPSA) is 70.8 Å². The summed E-state index contributed by atoms with van der Waals surface area (Å²) in [6, 6.07) is 6.01. The largest absolute Gasteiger partial charge is 0.496 e. The van der Waals surface area contributed by atoms with E-state index in [-0.39, 0.29) is 0 Å². The van der Waals surface area contributed by atoms with Crippen LogP contribution in [-0.4, -0.2) is 17.1 Å². The molecule has 0 aliphatic rings. The van der Waals surface area contributed by atoms with Gasteiger partial charge in [0, 0.05) is 18.0 Å². The Hall–Kier alpha value is -2.61. The van der Waals surface area contributed by atoms with Crippen molar-refractivity contribution >= 4 is 5.95 Å². The Balaban J connectivity index is 2.37. The maximum atomic E-state index is 8.51. The van der Waals surface area contributed by atoms with Gasteiger partial charge in [0.2, 0.25) is 5.95 Å². The van der Waals surface area contributed by atoms with Gasteiger partial charge in [0.05, 0.1) is 7.11 Å². The Kier molecular flexibility index (Phi) is 4.16. The summed E-state index contributed by atoms with van der Waals surface area (Å²) >= 11 is 0. The quantitative estimate of drug-likeness (QED) is 0.681. The van der Waals surface area contributed by atoms with Crippen molar-refractivity contribution in [2.24, 2.45) is 0 Å². The van der Waals surface area contributed by atoms with E-state index in [9.17, 15) is 0 Å². The van der Waals surface area contributed by atoms with Crippen molar-refractivity contribution in [3.63, 3.8) is 0 Å². The molecule has 5 nitrogen and oxygen atoms in total. The molecule has 2 aromatic rings. The van der Waals surface area contributed by atoms with Gasteiger partial charge in [-0.3, -0.25) is 5.32 Å². The predicted molar refractivity (Wildman–Crippen MR) is 77.3 cm³/mol. The third kappa shape index (κ3) is 2.86. The molecule has 0 fully saturated rings. The summed E-state index contributed by atoms with van der Waals surface area (Å²) in [5, 5.41) is 10.9. The number of ether oxygens (including phenoxy) is 1. The van der Waals surface area contributed by atoms with Gasteiger partial charge < -0.3 is 4.74 Å². The van der Waals surface area contributed by atoms with Crippen molar-refractivity contribution in [1.29, 1.82) is 5.26 Å². The summed E-state index contributed by atoms with van der Waals surface area (Å²) in [6.07, 6.45) is 5.18. The van der Waals surface area contributed by atoms with Crippen molar-refractivity contribution in [1.82, 2.24) is 9.97 Å². The van der Waals surface area contributed by atoms with Gasteiger partial charge in [-0.1, -0.05) is 19.9 Å². The van der Waals surface area contributed by atoms with E-state index in [2.05, 4.69) is 35.2 Å². The molecule has 0 amide bonds. The van der Waals surface area contributed by atoms with Crippen molar-refractivity contribution in [3.8, 4) is 23.1 Å². The summed E-state index contributed by atoms with van der Waals surface area (Å²) in [7, 11) is 1.67. The Morgan fingerprint density at radius 3 is 2.45 bits per heavy atom. The van der Waals surface area contributed by atoms with Crippen molar-refractivity contribution < 1.29 is 4.74 Å². The third-order valence-corrected chi connectivity index (χ3v) is 3.00. The first-order valence-corrected chi connectivity index (χ1v) is 6.31. The number of hydrogen-bond acceptors (Lipinski definition) is 5. The van der Waals surface area contributed by atoms with Crippen LogP contribution in [0.5, 0.6) is 5.75 Å². The number of nitrogens with one attached hydrogen (secondary N) is 1. The lowest BCUT2D eigenvalue weighted by Crippen LogP contribution is -1.97. The monoisotopic (exact) mass is 268 g/mol. The number of rotatable bonds is 4. The smallest absolute Gasteiger partial charge is 0.236 e. The number of benzene rings is 1. The number of methoxy groups -OCH3 is 1. The Labute approximate surface area is 118 Å². The molecule has 1 N–H and O–H groups in total. The van der Waals surface area contributed by atoms with E-state index in [0.29, 0.717) is 11.9 Å². The van der Waals surface area contributed by atoms with Gasteiger partial charge in [-0.25, -0.2) is 9.97 Å². The van der Waals surface area contributed by atoms with Crippen LogP contribution < -0.4 is 10.1 Å². The fourth-order valence-corrected chi connectivity index (χ4v) is 1.96. The van der Waals surface area contributed by atoms with E-state index < -0.39 is 0 Å². The first kappa shape index (κ1) is 13.8. The lowest BCUT2D eigenvalue weighted by Gasteiger charge is -2.13. The number of hydrogen-bond donors (Lipinski definition) is 1. The minimum atomic E-state index is 0.300. The summed E-state index contributed by atoms with van der Waals surface area (Å²) in [6.45, 7) is 4.25. The van der Waals surface area contributed by atoms with E-state index in [1.54, 1.807) is 25.7 Å². The maximum absolute atomic E-state index is 8.51. The molecule has 1 aromatic heterocycles. The second kappa shape index (κ2) is 6.02. The SMILES string of the molecule is COc1ccc(-c2cnc(NC#N)nc2)cc1C(C)C. The lowest BCUT2D eigenvalue weighted by molar-refractivity contribution is 0.407. The molecule has 0 bridgehead atoms. The molecule has 1 heterocycles. The molecule has 0 radical (unpaired) electrons. The summed E-state index contributed by atoms with van der Waals surface area (Å²) in [5.74, 6) is 1.55. The average Bonchev–Trinajstić information content (AvgIpc) is 2.47. The van der Waals surface area contributed by atoms with Gasteiger partial charge in [-0.05, 0) is 29.2 Å². The van der Waals surface area contributed by atoms with Gasteiger partial charge in [-0.2, -0.15) is 5.26 Å². The van der Waals surface area contributed by atoms with Crippen LogP contribution in [0.25, 0.3) is 11.1 Å². The Bertz CT molecular complexity index is 629. The molecule has 0 spiro atoms. The molecule has 1 aromatic carbocycles. The van der Waals surface area contributed by atoms with Gasteiger partial charge in [0.15, 0.2) is 6.19 Å². The summed E-state index contributed by atoms with van der Waals surface area (Å²) in [5.41, 5.74) is 3.07. The van der Waals surface area contributed by atoms with Gasteiger partial charge in [-0.15, -0.1) is 0 Å². The summed E-state index contributed by atoms with van der Waals surface area (Å²) in [4.78, 5) is 8.17. The van der Waals surface area contributed by atoms with Crippen LogP contribution in [0.1, 0.15) is 25.3 Å². The van der Waals surface area contributed by atoms with Crippen LogP contribution in [0.15, 0.2) is 30.6 Å². The van der Waals surface area contributed by atoms with Crippen LogP contribution in [0.3, 0.4) is 0 Å². The van der Waals surface area contributed by atoms with Crippen LogP contribution in [-0.2, 0) is 0 Å². The Morgan fingerprint density at radius 1 is 1.20 bits per heavy atom. The van der Waals surface area contributed by atoms with E-state index >= 15 is 0 Å². The molecule has 0 aliphatic carbocycles. The fourth-order valence-electron chi connectivity index (χ4n) is 1.96. The predicted octanol–water partition coefficient (Wildman–Crippen LogP) is 3.17. The number of nitriles is 1. The van der Waals surface area contributed by atoms with E-state index in [4.69, 9.17) is 10.00 Å². The van der Waals surface area contributed by atoms with E-state index in [0.717, 1.165) is 22.4 Å². The highest BCUT2D eigenvalue weighted by molar-refractivity contribution is 5.65. The first-order chi connectivity index (χ1) is 9.65. The third-order valence-electron chi connectivity index (χ3n) is 3.00. The highest BCUT2D eigenvalue weighted by Gasteiger charge is 2.09. The minimum absolute atomic E-state index is 0.300. The molecule has 0 saturated heterocycles. The molecule has 20 heavy (non-hydrogen) atoms.